The number of carbonyl (C=O) groups is 1. The molecular formula is C17H26N2O2. The number of nitrogens with one attached hydrogen (secondary N) is 1. The number of hydrogen-bond acceptors (Lipinski definition) is 3. The van der Waals surface area contributed by atoms with E-state index >= 15 is 0 Å². The van der Waals surface area contributed by atoms with Gasteiger partial charge in [0.15, 0.2) is 0 Å². The third kappa shape index (κ3) is 5.38. The molecule has 0 heterocycles. The largest absolute Gasteiger partial charge is 0.493 e. The molecule has 1 amide bonds. The highest BCUT2D eigenvalue weighted by atomic mass is 16.5. The summed E-state index contributed by atoms with van der Waals surface area (Å²) < 4.78 is 5.59. The fraction of sp³-hybridized carbons (Fsp3) is 0.588. The standard InChI is InChI=1S/C17H26N2O2/c1-12(2)13-5-7-15(8-6-13)21-10-9-17(20)19-11-16(18)14-3-4-14/h5-8,12,14,16H,3-4,9-11,18H2,1-2H3,(H,19,20). The maximum Gasteiger partial charge on any atom is 0.223 e. The summed E-state index contributed by atoms with van der Waals surface area (Å²) in [5.74, 6) is 1.94. The minimum absolute atomic E-state index is 0.00454. The van der Waals surface area contributed by atoms with Gasteiger partial charge < -0.3 is 15.8 Å². The van der Waals surface area contributed by atoms with Crippen LogP contribution in [0.3, 0.4) is 0 Å². The summed E-state index contributed by atoms with van der Waals surface area (Å²) in [6, 6.07) is 8.15. The van der Waals surface area contributed by atoms with Gasteiger partial charge in [0.1, 0.15) is 5.75 Å². The molecular weight excluding hydrogens is 264 g/mol. The van der Waals surface area contributed by atoms with Gasteiger partial charge >= 0.3 is 0 Å². The molecule has 1 aliphatic carbocycles. The molecule has 1 aliphatic rings. The Morgan fingerprint density at radius 1 is 1.33 bits per heavy atom. The molecule has 0 bridgehead atoms. The van der Waals surface area contributed by atoms with Crippen LogP contribution in [0.15, 0.2) is 24.3 Å². The van der Waals surface area contributed by atoms with E-state index in [0.717, 1.165) is 5.75 Å². The van der Waals surface area contributed by atoms with Gasteiger partial charge in [-0.3, -0.25) is 4.79 Å². The predicted molar refractivity (Wildman–Crippen MR) is 84.4 cm³/mol. The van der Waals surface area contributed by atoms with Crippen LogP contribution in [0, 0.1) is 5.92 Å². The van der Waals surface area contributed by atoms with Crippen LogP contribution >= 0.6 is 0 Å². The number of amides is 1. The molecule has 4 nitrogen and oxygen atoms in total. The van der Waals surface area contributed by atoms with Gasteiger partial charge in [-0.2, -0.15) is 0 Å². The van der Waals surface area contributed by atoms with Crippen LogP contribution in [0.2, 0.25) is 0 Å². The average molecular weight is 290 g/mol. The highest BCUT2D eigenvalue weighted by molar-refractivity contribution is 5.76. The predicted octanol–water partition coefficient (Wildman–Crippen LogP) is 2.43. The molecule has 0 spiro atoms. The zero-order valence-corrected chi connectivity index (χ0v) is 13.0. The Hall–Kier alpha value is -1.55. The van der Waals surface area contributed by atoms with Gasteiger partial charge in [-0.25, -0.2) is 0 Å². The second-order valence-electron chi connectivity index (χ2n) is 6.13. The lowest BCUT2D eigenvalue weighted by Gasteiger charge is -2.12. The quantitative estimate of drug-likeness (QED) is 0.773. The van der Waals surface area contributed by atoms with Crippen molar-refractivity contribution in [1.29, 1.82) is 0 Å². The van der Waals surface area contributed by atoms with Gasteiger partial charge in [-0.05, 0) is 42.4 Å². The van der Waals surface area contributed by atoms with Crippen LogP contribution < -0.4 is 15.8 Å². The van der Waals surface area contributed by atoms with Crippen molar-refractivity contribution in [1.82, 2.24) is 5.32 Å². The summed E-state index contributed by atoms with van der Waals surface area (Å²) in [6.07, 6.45) is 2.77. The lowest BCUT2D eigenvalue weighted by molar-refractivity contribution is -0.121. The first kappa shape index (κ1) is 15.8. The highest BCUT2D eigenvalue weighted by Gasteiger charge is 2.28. The van der Waals surface area contributed by atoms with Crippen LogP contribution in [0.25, 0.3) is 0 Å². The average Bonchev–Trinajstić information content (AvgIpc) is 3.30. The third-order valence-electron chi connectivity index (χ3n) is 3.91. The molecule has 1 unspecified atom stereocenters. The molecule has 1 atom stereocenters. The summed E-state index contributed by atoms with van der Waals surface area (Å²) in [7, 11) is 0. The van der Waals surface area contributed by atoms with Gasteiger partial charge in [-0.1, -0.05) is 26.0 Å². The molecule has 21 heavy (non-hydrogen) atoms. The summed E-state index contributed by atoms with van der Waals surface area (Å²) in [5.41, 5.74) is 7.23. The fourth-order valence-electron chi connectivity index (χ4n) is 2.22. The second-order valence-corrected chi connectivity index (χ2v) is 6.13. The third-order valence-corrected chi connectivity index (χ3v) is 3.91. The van der Waals surface area contributed by atoms with Crippen molar-refractivity contribution in [3.05, 3.63) is 29.8 Å². The van der Waals surface area contributed by atoms with Gasteiger partial charge in [0.25, 0.3) is 0 Å². The molecule has 1 aromatic rings. The van der Waals surface area contributed by atoms with Gasteiger partial charge in [0, 0.05) is 12.6 Å². The Balaban J connectivity index is 1.62. The van der Waals surface area contributed by atoms with Crippen molar-refractivity contribution in [3.63, 3.8) is 0 Å². The Kier molecular flexibility index (Phi) is 5.62. The van der Waals surface area contributed by atoms with Crippen molar-refractivity contribution in [2.75, 3.05) is 13.2 Å². The fourth-order valence-corrected chi connectivity index (χ4v) is 2.22. The van der Waals surface area contributed by atoms with E-state index in [-0.39, 0.29) is 11.9 Å². The molecule has 0 aliphatic heterocycles. The number of nitrogens with two attached hydrogens (primary N) is 1. The first-order valence-corrected chi connectivity index (χ1v) is 7.81. The number of hydrogen-bond donors (Lipinski definition) is 2. The minimum Gasteiger partial charge on any atom is -0.493 e. The topological polar surface area (TPSA) is 64.3 Å². The lowest BCUT2D eigenvalue weighted by Crippen LogP contribution is -2.38. The smallest absolute Gasteiger partial charge is 0.223 e. The zero-order valence-electron chi connectivity index (χ0n) is 13.0. The molecule has 1 fully saturated rings. The molecule has 0 saturated heterocycles. The SMILES string of the molecule is CC(C)c1ccc(OCCC(=O)NCC(N)C2CC2)cc1. The van der Waals surface area contributed by atoms with Crippen molar-refractivity contribution < 1.29 is 9.53 Å². The minimum atomic E-state index is 0.00454. The van der Waals surface area contributed by atoms with E-state index in [0.29, 0.717) is 31.4 Å². The van der Waals surface area contributed by atoms with Gasteiger partial charge in [-0.15, -0.1) is 0 Å². The zero-order chi connectivity index (χ0) is 15.2. The molecule has 1 saturated carbocycles. The molecule has 0 aromatic heterocycles. The van der Waals surface area contributed by atoms with Crippen LogP contribution in [-0.2, 0) is 4.79 Å². The molecule has 1 aromatic carbocycles. The summed E-state index contributed by atoms with van der Waals surface area (Å²) in [4.78, 5) is 11.7. The van der Waals surface area contributed by atoms with Crippen molar-refractivity contribution in [2.45, 2.75) is 45.1 Å². The molecule has 4 heteroatoms. The highest BCUT2D eigenvalue weighted by Crippen LogP contribution is 2.31. The molecule has 2 rings (SSSR count). The normalized spacial score (nSPS) is 15.8. The summed E-state index contributed by atoms with van der Waals surface area (Å²) in [6.45, 7) is 5.29. The number of ether oxygens (including phenoxy) is 1. The maximum atomic E-state index is 11.7. The van der Waals surface area contributed by atoms with Gasteiger partial charge in [0.2, 0.25) is 5.91 Å². The van der Waals surface area contributed by atoms with Crippen molar-refractivity contribution >= 4 is 5.91 Å². The van der Waals surface area contributed by atoms with Crippen LogP contribution in [0.4, 0.5) is 0 Å². The van der Waals surface area contributed by atoms with E-state index < -0.39 is 0 Å². The molecule has 0 radical (unpaired) electrons. The Bertz CT molecular complexity index is 452. The first-order valence-electron chi connectivity index (χ1n) is 7.81. The van der Waals surface area contributed by atoms with Crippen molar-refractivity contribution in [3.8, 4) is 5.75 Å². The van der Waals surface area contributed by atoms with E-state index in [1.165, 1.54) is 18.4 Å². The first-order chi connectivity index (χ1) is 10.1. The number of rotatable bonds is 8. The Morgan fingerprint density at radius 2 is 2.00 bits per heavy atom. The van der Waals surface area contributed by atoms with Crippen LogP contribution in [0.5, 0.6) is 5.75 Å². The summed E-state index contributed by atoms with van der Waals surface area (Å²) in [5, 5.41) is 2.87. The van der Waals surface area contributed by atoms with Crippen LogP contribution in [-0.4, -0.2) is 25.1 Å². The number of benzene rings is 1. The number of carbonyl (C=O) groups excluding carboxylic acids is 1. The van der Waals surface area contributed by atoms with E-state index in [9.17, 15) is 4.79 Å². The maximum absolute atomic E-state index is 11.7. The molecule has 116 valence electrons. The van der Waals surface area contributed by atoms with E-state index in [2.05, 4.69) is 31.3 Å². The van der Waals surface area contributed by atoms with E-state index in [4.69, 9.17) is 10.5 Å². The summed E-state index contributed by atoms with van der Waals surface area (Å²) >= 11 is 0. The molecule has 3 N–H and O–H groups in total. The van der Waals surface area contributed by atoms with Crippen molar-refractivity contribution in [2.24, 2.45) is 11.7 Å². The van der Waals surface area contributed by atoms with E-state index in [1.54, 1.807) is 0 Å². The second kappa shape index (κ2) is 7.46. The Morgan fingerprint density at radius 3 is 2.57 bits per heavy atom. The van der Waals surface area contributed by atoms with Crippen LogP contribution in [0.1, 0.15) is 44.6 Å². The van der Waals surface area contributed by atoms with E-state index in [1.807, 2.05) is 12.1 Å². The lowest BCUT2D eigenvalue weighted by atomic mass is 10.0. The monoisotopic (exact) mass is 290 g/mol. The van der Waals surface area contributed by atoms with Gasteiger partial charge in [0.05, 0.1) is 13.0 Å². The Labute approximate surface area is 127 Å².